The van der Waals surface area contributed by atoms with E-state index >= 15 is 0 Å². The molecule has 0 radical (unpaired) electrons. The fourth-order valence-corrected chi connectivity index (χ4v) is 2.54. The average molecular weight is 394 g/mol. The third-order valence-electron chi connectivity index (χ3n) is 3.09. The number of benzene rings is 1. The predicted molar refractivity (Wildman–Crippen MR) is 101 cm³/mol. The van der Waals surface area contributed by atoms with E-state index in [-0.39, 0.29) is 0 Å². The van der Waals surface area contributed by atoms with E-state index in [1.54, 1.807) is 6.07 Å². The number of halogens is 3. The molecule has 4 aromatic rings. The maximum Gasteiger partial charge on any atom is 0.135 e. The molecular formula is C16H11Cl3N6. The fourth-order valence-electron chi connectivity index (χ4n) is 2.05. The Balaban J connectivity index is 0.000000192. The van der Waals surface area contributed by atoms with Gasteiger partial charge in [-0.2, -0.15) is 0 Å². The number of nitrogens with one attached hydrogen (secondary N) is 2. The topological polar surface area (TPSA) is 79.4 Å². The highest BCUT2D eigenvalue weighted by Gasteiger charge is 2.03. The SMILES string of the molecule is Clc1cc(Cl)ncn1.Clc1cc(Nc2cccc3[nH]ccc23)ncn1. The van der Waals surface area contributed by atoms with E-state index in [0.29, 0.717) is 21.3 Å². The first-order chi connectivity index (χ1) is 12.1. The summed E-state index contributed by atoms with van der Waals surface area (Å²) in [5.74, 6) is 0.679. The minimum atomic E-state index is 0.366. The second kappa shape index (κ2) is 8.11. The quantitative estimate of drug-likeness (QED) is 0.461. The summed E-state index contributed by atoms with van der Waals surface area (Å²) in [7, 11) is 0. The van der Waals surface area contributed by atoms with Crippen LogP contribution >= 0.6 is 34.8 Å². The third-order valence-corrected chi connectivity index (χ3v) is 3.71. The molecule has 0 saturated heterocycles. The summed E-state index contributed by atoms with van der Waals surface area (Å²) in [5.41, 5.74) is 2.06. The van der Waals surface area contributed by atoms with E-state index in [0.717, 1.165) is 16.6 Å². The van der Waals surface area contributed by atoms with Gasteiger partial charge in [-0.1, -0.05) is 40.9 Å². The van der Waals surface area contributed by atoms with Gasteiger partial charge in [-0.25, -0.2) is 19.9 Å². The highest BCUT2D eigenvalue weighted by molar-refractivity contribution is 6.33. The lowest BCUT2D eigenvalue weighted by molar-refractivity contribution is 1.17. The van der Waals surface area contributed by atoms with Gasteiger partial charge in [-0.05, 0) is 18.2 Å². The molecule has 9 heteroatoms. The van der Waals surface area contributed by atoms with Crippen molar-refractivity contribution in [1.29, 1.82) is 0 Å². The first-order valence-electron chi connectivity index (χ1n) is 7.05. The van der Waals surface area contributed by atoms with Gasteiger partial charge >= 0.3 is 0 Å². The summed E-state index contributed by atoms with van der Waals surface area (Å²) in [4.78, 5) is 18.3. The van der Waals surface area contributed by atoms with Crippen molar-refractivity contribution >= 4 is 57.2 Å². The molecule has 0 atom stereocenters. The number of anilines is 2. The molecule has 4 rings (SSSR count). The minimum absolute atomic E-state index is 0.366. The molecule has 0 amide bonds. The number of fused-ring (bicyclic) bond motifs is 1. The van der Waals surface area contributed by atoms with E-state index in [2.05, 4.69) is 30.2 Å². The smallest absolute Gasteiger partial charge is 0.135 e. The molecule has 3 aromatic heterocycles. The molecule has 6 nitrogen and oxygen atoms in total. The number of rotatable bonds is 2. The second-order valence-corrected chi connectivity index (χ2v) is 5.92. The van der Waals surface area contributed by atoms with Crippen LogP contribution in [0.2, 0.25) is 15.5 Å². The maximum absolute atomic E-state index is 5.81. The van der Waals surface area contributed by atoms with Crippen LogP contribution < -0.4 is 5.32 Å². The monoisotopic (exact) mass is 392 g/mol. The lowest BCUT2D eigenvalue weighted by Gasteiger charge is -2.06. The van der Waals surface area contributed by atoms with Gasteiger partial charge in [0.05, 0.1) is 0 Å². The highest BCUT2D eigenvalue weighted by atomic mass is 35.5. The molecule has 0 saturated carbocycles. The molecule has 1 aromatic carbocycles. The number of hydrogen-bond acceptors (Lipinski definition) is 5. The van der Waals surface area contributed by atoms with Crippen LogP contribution in [0.1, 0.15) is 0 Å². The van der Waals surface area contributed by atoms with Crippen molar-refractivity contribution in [3.8, 4) is 0 Å². The molecule has 0 aliphatic heterocycles. The molecule has 3 heterocycles. The van der Waals surface area contributed by atoms with Crippen LogP contribution in [-0.4, -0.2) is 24.9 Å². The largest absolute Gasteiger partial charge is 0.361 e. The van der Waals surface area contributed by atoms with E-state index < -0.39 is 0 Å². The Kier molecular flexibility index (Phi) is 5.65. The van der Waals surface area contributed by atoms with Crippen LogP contribution in [0.3, 0.4) is 0 Å². The van der Waals surface area contributed by atoms with Crippen LogP contribution in [0.15, 0.2) is 55.2 Å². The van der Waals surface area contributed by atoms with Gasteiger partial charge in [-0.15, -0.1) is 0 Å². The zero-order chi connectivity index (χ0) is 17.6. The molecule has 0 fully saturated rings. The lowest BCUT2D eigenvalue weighted by atomic mass is 10.2. The van der Waals surface area contributed by atoms with Gasteiger partial charge in [0.2, 0.25) is 0 Å². The van der Waals surface area contributed by atoms with Crippen LogP contribution in [0, 0.1) is 0 Å². The maximum atomic E-state index is 5.81. The summed E-state index contributed by atoms with van der Waals surface area (Å²) in [5, 5.41) is 5.48. The zero-order valence-electron chi connectivity index (χ0n) is 12.6. The summed E-state index contributed by atoms with van der Waals surface area (Å²) in [6.07, 6.45) is 4.65. The Bertz CT molecular complexity index is 971. The van der Waals surface area contributed by atoms with Gasteiger partial charge in [0.15, 0.2) is 0 Å². The number of aromatic nitrogens is 5. The second-order valence-electron chi connectivity index (χ2n) is 4.76. The summed E-state index contributed by atoms with van der Waals surface area (Å²) in [6.45, 7) is 0. The van der Waals surface area contributed by atoms with Crippen molar-refractivity contribution in [2.75, 3.05) is 5.32 Å². The molecule has 126 valence electrons. The molecule has 2 N–H and O–H groups in total. The number of aromatic amines is 1. The Morgan fingerprint density at radius 1 is 0.800 bits per heavy atom. The molecule has 0 unspecified atom stereocenters. The van der Waals surface area contributed by atoms with Crippen LogP contribution in [0.4, 0.5) is 11.5 Å². The first kappa shape index (κ1) is 17.4. The Hall–Kier alpha value is -2.41. The van der Waals surface area contributed by atoms with Crippen molar-refractivity contribution in [3.63, 3.8) is 0 Å². The van der Waals surface area contributed by atoms with E-state index in [4.69, 9.17) is 34.8 Å². The molecular weight excluding hydrogens is 383 g/mol. The van der Waals surface area contributed by atoms with E-state index in [9.17, 15) is 0 Å². The summed E-state index contributed by atoms with van der Waals surface area (Å²) < 4.78 is 0. The van der Waals surface area contributed by atoms with Crippen molar-refractivity contribution in [3.05, 3.63) is 70.7 Å². The van der Waals surface area contributed by atoms with Gasteiger partial charge < -0.3 is 10.3 Å². The van der Waals surface area contributed by atoms with Gasteiger partial charge in [0.1, 0.15) is 33.9 Å². The molecule has 0 aliphatic carbocycles. The highest BCUT2D eigenvalue weighted by Crippen LogP contribution is 2.25. The van der Waals surface area contributed by atoms with Crippen LogP contribution in [0.25, 0.3) is 10.9 Å². The minimum Gasteiger partial charge on any atom is -0.361 e. The zero-order valence-corrected chi connectivity index (χ0v) is 14.9. The standard InChI is InChI=1S/C12H9ClN4.C4H2Cl2N2/c13-11-6-12(16-7-15-11)17-10-3-1-2-9-8(10)4-5-14-9;5-3-1-4(6)8-2-7-3/h1-7,14H,(H,15,16,17);1-2H. The summed E-state index contributed by atoms with van der Waals surface area (Å²) >= 11 is 16.6. The Labute approximate surface area is 158 Å². The summed E-state index contributed by atoms with van der Waals surface area (Å²) in [6, 6.07) is 11.2. The normalized spacial score (nSPS) is 10.2. The molecule has 0 spiro atoms. The van der Waals surface area contributed by atoms with Crippen molar-refractivity contribution in [1.82, 2.24) is 24.9 Å². The van der Waals surface area contributed by atoms with Crippen molar-refractivity contribution in [2.45, 2.75) is 0 Å². The predicted octanol–water partition coefficient (Wildman–Crippen LogP) is 5.14. The number of hydrogen-bond donors (Lipinski definition) is 2. The molecule has 0 bridgehead atoms. The van der Waals surface area contributed by atoms with Gasteiger partial charge in [0, 0.05) is 34.9 Å². The lowest BCUT2D eigenvalue weighted by Crippen LogP contribution is -1.94. The van der Waals surface area contributed by atoms with Gasteiger partial charge in [-0.3, -0.25) is 0 Å². The fraction of sp³-hybridized carbons (Fsp3) is 0. The average Bonchev–Trinajstić information content (AvgIpc) is 3.05. The van der Waals surface area contributed by atoms with Crippen molar-refractivity contribution in [2.24, 2.45) is 0 Å². The number of nitrogens with zero attached hydrogens (tertiary/aromatic N) is 4. The van der Waals surface area contributed by atoms with E-state index in [1.807, 2.05) is 30.5 Å². The molecule has 0 aliphatic rings. The van der Waals surface area contributed by atoms with Crippen LogP contribution in [-0.2, 0) is 0 Å². The van der Waals surface area contributed by atoms with Gasteiger partial charge in [0.25, 0.3) is 0 Å². The Morgan fingerprint density at radius 2 is 1.48 bits per heavy atom. The van der Waals surface area contributed by atoms with Crippen LogP contribution in [0.5, 0.6) is 0 Å². The van der Waals surface area contributed by atoms with Crippen molar-refractivity contribution < 1.29 is 0 Å². The third kappa shape index (κ3) is 4.79. The Morgan fingerprint density at radius 3 is 2.12 bits per heavy atom. The molecule has 25 heavy (non-hydrogen) atoms. The van der Waals surface area contributed by atoms with E-state index in [1.165, 1.54) is 18.7 Å². The number of H-pyrrole nitrogens is 1. The first-order valence-corrected chi connectivity index (χ1v) is 8.19.